The summed E-state index contributed by atoms with van der Waals surface area (Å²) in [5.74, 6) is -0.0266. The molecule has 1 aliphatic heterocycles. The van der Waals surface area contributed by atoms with Gasteiger partial charge in [0.05, 0.1) is 5.92 Å². The summed E-state index contributed by atoms with van der Waals surface area (Å²) >= 11 is 5.90. The summed E-state index contributed by atoms with van der Waals surface area (Å²) in [5.41, 5.74) is 2.17. The smallest absolute Gasteiger partial charge is 0.314 e. The molecular weight excluding hydrogens is 414 g/mol. The van der Waals surface area contributed by atoms with Gasteiger partial charge in [-0.15, -0.1) is 0 Å². The lowest BCUT2D eigenvalue weighted by Crippen LogP contribution is -2.41. The summed E-state index contributed by atoms with van der Waals surface area (Å²) in [5, 5.41) is 2.51. The van der Waals surface area contributed by atoms with Gasteiger partial charge in [-0.25, -0.2) is 0 Å². The van der Waals surface area contributed by atoms with Crippen molar-refractivity contribution in [1.82, 2.24) is 4.90 Å². The van der Waals surface area contributed by atoms with Crippen molar-refractivity contribution < 1.29 is 18.7 Å². The molecule has 0 aliphatic carbocycles. The average Bonchev–Trinajstić information content (AvgIpc) is 3.17. The molecule has 0 spiro atoms. The Morgan fingerprint density at radius 3 is 2.39 bits per heavy atom. The van der Waals surface area contributed by atoms with Crippen molar-refractivity contribution in [1.29, 1.82) is 0 Å². The molecule has 5 rings (SSSR count). The van der Waals surface area contributed by atoms with Crippen LogP contribution in [-0.4, -0.2) is 29.9 Å². The predicted molar refractivity (Wildman–Crippen MR) is 119 cm³/mol. The summed E-state index contributed by atoms with van der Waals surface area (Å²) in [4.78, 5) is 27.1. The molecule has 0 bridgehead atoms. The van der Waals surface area contributed by atoms with E-state index in [1.54, 1.807) is 35.2 Å². The zero-order valence-corrected chi connectivity index (χ0v) is 17.5. The quantitative estimate of drug-likeness (QED) is 0.307. The number of amides is 1. The van der Waals surface area contributed by atoms with Gasteiger partial charge in [-0.3, -0.25) is 9.59 Å². The van der Waals surface area contributed by atoms with Crippen LogP contribution in [0.1, 0.15) is 23.2 Å². The van der Waals surface area contributed by atoms with E-state index in [9.17, 15) is 9.59 Å². The summed E-state index contributed by atoms with van der Waals surface area (Å²) in [6.07, 6.45) is 1.16. The third kappa shape index (κ3) is 3.89. The highest BCUT2D eigenvalue weighted by Gasteiger charge is 2.29. The van der Waals surface area contributed by atoms with Gasteiger partial charge in [0.25, 0.3) is 5.91 Å². The standard InChI is InChI=1S/C25H20ClNO4/c26-18-7-5-16(6-8-18)24(28)27-13-11-17(12-14-27)25(29)30-19-9-10-23-21(15-19)20-3-1-2-4-22(20)31-23/h1-10,15,17H,11-14H2. The van der Waals surface area contributed by atoms with Crippen molar-refractivity contribution in [3.05, 3.63) is 77.3 Å². The number of furan rings is 1. The Morgan fingerprint density at radius 1 is 0.903 bits per heavy atom. The topological polar surface area (TPSA) is 59.8 Å². The monoisotopic (exact) mass is 433 g/mol. The number of likely N-dealkylation sites (tertiary alicyclic amines) is 1. The molecule has 6 heteroatoms. The van der Waals surface area contributed by atoms with Gasteiger partial charge in [0.1, 0.15) is 16.9 Å². The van der Waals surface area contributed by atoms with E-state index in [-0.39, 0.29) is 17.8 Å². The third-order valence-corrected chi connectivity index (χ3v) is 6.03. The number of carbonyl (C=O) groups excluding carboxylic acids is 2. The Bertz CT molecular complexity index is 1270. The molecule has 5 nitrogen and oxygen atoms in total. The molecule has 2 heterocycles. The Morgan fingerprint density at radius 2 is 1.61 bits per heavy atom. The molecule has 156 valence electrons. The number of nitrogens with zero attached hydrogens (tertiary/aromatic N) is 1. The summed E-state index contributed by atoms with van der Waals surface area (Å²) in [7, 11) is 0. The fourth-order valence-corrected chi connectivity index (χ4v) is 4.19. The van der Waals surface area contributed by atoms with Crippen LogP contribution in [0.25, 0.3) is 21.9 Å². The third-order valence-electron chi connectivity index (χ3n) is 5.77. The van der Waals surface area contributed by atoms with Crippen LogP contribution in [0.2, 0.25) is 5.02 Å². The minimum atomic E-state index is -0.259. The number of piperidine rings is 1. The van der Waals surface area contributed by atoms with E-state index in [1.807, 2.05) is 36.4 Å². The molecule has 1 aliphatic rings. The predicted octanol–water partition coefficient (Wildman–Crippen LogP) is 5.70. The second-order valence-corrected chi connectivity index (χ2v) is 8.19. The minimum absolute atomic E-state index is 0.0410. The van der Waals surface area contributed by atoms with Gasteiger partial charge in [0, 0.05) is 34.4 Å². The van der Waals surface area contributed by atoms with E-state index in [1.165, 1.54) is 0 Å². The molecule has 0 N–H and O–H groups in total. The second kappa shape index (κ2) is 8.08. The van der Waals surface area contributed by atoms with Gasteiger partial charge < -0.3 is 14.1 Å². The van der Waals surface area contributed by atoms with E-state index in [0.29, 0.717) is 42.3 Å². The Labute approximate surface area is 184 Å². The number of halogens is 1. The van der Waals surface area contributed by atoms with Crippen LogP contribution in [0.5, 0.6) is 5.75 Å². The van der Waals surface area contributed by atoms with E-state index in [4.69, 9.17) is 20.8 Å². The number of benzene rings is 3. The number of esters is 1. The van der Waals surface area contributed by atoms with Crippen molar-refractivity contribution in [2.24, 2.45) is 5.92 Å². The van der Waals surface area contributed by atoms with Crippen LogP contribution in [0.4, 0.5) is 0 Å². The van der Waals surface area contributed by atoms with Crippen LogP contribution in [-0.2, 0) is 4.79 Å². The first-order valence-corrected chi connectivity index (χ1v) is 10.6. The van der Waals surface area contributed by atoms with Crippen LogP contribution in [0.3, 0.4) is 0 Å². The normalized spacial score (nSPS) is 14.8. The number of hydrogen-bond donors (Lipinski definition) is 0. The number of ether oxygens (including phenoxy) is 1. The minimum Gasteiger partial charge on any atom is -0.456 e. The Balaban J connectivity index is 1.24. The zero-order chi connectivity index (χ0) is 21.4. The first kappa shape index (κ1) is 19.6. The molecule has 1 fully saturated rings. The van der Waals surface area contributed by atoms with Crippen LogP contribution >= 0.6 is 11.6 Å². The highest BCUT2D eigenvalue weighted by atomic mass is 35.5. The van der Waals surface area contributed by atoms with Gasteiger partial charge >= 0.3 is 5.97 Å². The maximum absolute atomic E-state index is 12.7. The molecule has 0 unspecified atom stereocenters. The van der Waals surface area contributed by atoms with Crippen molar-refractivity contribution in [2.75, 3.05) is 13.1 Å². The Kier molecular flexibility index (Phi) is 5.12. The number of hydrogen-bond acceptors (Lipinski definition) is 4. The van der Waals surface area contributed by atoms with Crippen LogP contribution in [0, 0.1) is 5.92 Å². The van der Waals surface area contributed by atoms with Crippen molar-refractivity contribution in [3.63, 3.8) is 0 Å². The van der Waals surface area contributed by atoms with Gasteiger partial charge in [-0.1, -0.05) is 29.8 Å². The molecule has 0 atom stereocenters. The molecule has 1 amide bonds. The van der Waals surface area contributed by atoms with Gasteiger partial charge in [0.15, 0.2) is 0 Å². The van der Waals surface area contributed by atoms with E-state index >= 15 is 0 Å². The largest absolute Gasteiger partial charge is 0.456 e. The highest BCUT2D eigenvalue weighted by molar-refractivity contribution is 6.30. The lowest BCUT2D eigenvalue weighted by atomic mass is 9.96. The Hall–Kier alpha value is -3.31. The maximum atomic E-state index is 12.7. The first-order valence-electron chi connectivity index (χ1n) is 10.3. The van der Waals surface area contributed by atoms with E-state index in [2.05, 4.69) is 0 Å². The molecule has 1 aromatic heterocycles. The lowest BCUT2D eigenvalue weighted by molar-refractivity contribution is -0.140. The van der Waals surface area contributed by atoms with Crippen molar-refractivity contribution in [2.45, 2.75) is 12.8 Å². The van der Waals surface area contributed by atoms with E-state index < -0.39 is 0 Å². The highest BCUT2D eigenvalue weighted by Crippen LogP contribution is 2.32. The molecule has 31 heavy (non-hydrogen) atoms. The molecular formula is C25H20ClNO4. The van der Waals surface area contributed by atoms with Crippen molar-refractivity contribution in [3.8, 4) is 5.75 Å². The number of fused-ring (bicyclic) bond motifs is 3. The SMILES string of the molecule is O=C(Oc1ccc2oc3ccccc3c2c1)C1CCN(C(=O)c2ccc(Cl)cc2)CC1. The van der Waals surface area contributed by atoms with Crippen molar-refractivity contribution >= 4 is 45.4 Å². The molecule has 3 aromatic carbocycles. The fourth-order valence-electron chi connectivity index (χ4n) is 4.06. The van der Waals surface area contributed by atoms with Gasteiger partial charge in [-0.2, -0.15) is 0 Å². The molecule has 0 radical (unpaired) electrons. The number of para-hydroxylation sites is 1. The van der Waals surface area contributed by atoms with Crippen LogP contribution in [0.15, 0.2) is 71.1 Å². The van der Waals surface area contributed by atoms with Gasteiger partial charge in [0.2, 0.25) is 0 Å². The summed E-state index contributed by atoms with van der Waals surface area (Å²) < 4.78 is 11.5. The molecule has 0 saturated carbocycles. The summed E-state index contributed by atoms with van der Waals surface area (Å²) in [6.45, 7) is 1.04. The average molecular weight is 434 g/mol. The maximum Gasteiger partial charge on any atom is 0.314 e. The number of rotatable bonds is 3. The second-order valence-electron chi connectivity index (χ2n) is 7.75. The molecule has 4 aromatic rings. The fraction of sp³-hybridized carbons (Fsp3) is 0.200. The first-order chi connectivity index (χ1) is 15.1. The van der Waals surface area contributed by atoms with Gasteiger partial charge in [-0.05, 0) is 61.4 Å². The number of carbonyl (C=O) groups is 2. The molecule has 1 saturated heterocycles. The summed E-state index contributed by atoms with van der Waals surface area (Å²) in [6, 6.07) is 20.1. The van der Waals surface area contributed by atoms with E-state index in [0.717, 1.165) is 21.9 Å². The lowest BCUT2D eigenvalue weighted by Gasteiger charge is -2.31. The zero-order valence-electron chi connectivity index (χ0n) is 16.7. The van der Waals surface area contributed by atoms with Crippen LogP contribution < -0.4 is 4.74 Å².